The Hall–Kier alpha value is -0.990. The number of hydrogen-bond donors (Lipinski definition) is 1. The highest BCUT2D eigenvalue weighted by Gasteiger charge is 2.19. The molecular weight excluding hydrogens is 463 g/mol. The van der Waals surface area contributed by atoms with Gasteiger partial charge in [-0.25, -0.2) is 0 Å². The van der Waals surface area contributed by atoms with Crippen molar-refractivity contribution in [2.75, 3.05) is 11.9 Å². The van der Waals surface area contributed by atoms with Crippen LogP contribution in [-0.2, 0) is 0 Å². The average molecular weight is 475 g/mol. The van der Waals surface area contributed by atoms with Crippen molar-refractivity contribution >= 4 is 67.3 Å². The van der Waals surface area contributed by atoms with E-state index in [-0.39, 0.29) is 10.9 Å². The second-order valence-corrected chi connectivity index (χ2v) is 6.91. The maximum Gasteiger partial charge on any atom is 0.259 e. The minimum atomic E-state index is -0.121. The molecule has 0 bridgehead atoms. The maximum absolute atomic E-state index is 12.7. The van der Waals surface area contributed by atoms with Crippen molar-refractivity contribution < 1.29 is 4.79 Å². The highest BCUT2D eigenvalue weighted by molar-refractivity contribution is 14.1. The molecule has 0 unspecified atom stereocenters. The van der Waals surface area contributed by atoms with Gasteiger partial charge in [-0.2, -0.15) is 0 Å². The van der Waals surface area contributed by atoms with Crippen LogP contribution in [0, 0.1) is 3.57 Å². The van der Waals surface area contributed by atoms with Gasteiger partial charge < -0.3 is 10.6 Å². The molecule has 3 nitrogen and oxygen atoms in total. The van der Waals surface area contributed by atoms with Crippen molar-refractivity contribution in [1.29, 1.82) is 0 Å². The van der Waals surface area contributed by atoms with E-state index >= 15 is 0 Å². The Labute approximate surface area is 150 Å². The van der Waals surface area contributed by atoms with Gasteiger partial charge in [0.05, 0.1) is 11.3 Å². The average Bonchev–Trinajstić information content (AvgIpc) is 2.48. The molecule has 0 fully saturated rings. The number of benzene rings is 2. The number of anilines is 1. The van der Waals surface area contributed by atoms with Gasteiger partial charge in [-0.3, -0.25) is 4.79 Å². The maximum atomic E-state index is 12.7. The topological polar surface area (TPSA) is 46.3 Å². The van der Waals surface area contributed by atoms with Gasteiger partial charge >= 0.3 is 0 Å². The summed E-state index contributed by atoms with van der Waals surface area (Å²) in [6.07, 6.45) is 0. The first-order valence-corrected chi connectivity index (χ1v) is 8.31. The number of rotatable bonds is 3. The third-order valence-corrected chi connectivity index (χ3v) is 4.58. The zero-order valence-electron chi connectivity index (χ0n) is 11.1. The van der Waals surface area contributed by atoms with Crippen LogP contribution in [0.15, 0.2) is 46.9 Å². The summed E-state index contributed by atoms with van der Waals surface area (Å²) in [7, 11) is 1.71. The number of carbonyl (C=O) groups excluding carboxylic acids is 1. The van der Waals surface area contributed by atoms with Crippen molar-refractivity contribution in [3.05, 3.63) is 61.6 Å². The summed E-state index contributed by atoms with van der Waals surface area (Å²) >= 11 is 10.6. The number of halogens is 2. The molecule has 0 aromatic heterocycles. The van der Waals surface area contributed by atoms with E-state index in [1.165, 1.54) is 0 Å². The number of hydrogen-bond acceptors (Lipinski definition) is 2. The molecule has 0 aliphatic heterocycles. The molecule has 0 aliphatic rings. The van der Waals surface area contributed by atoms with E-state index in [9.17, 15) is 4.79 Å². The second kappa shape index (κ2) is 6.85. The summed E-state index contributed by atoms with van der Waals surface area (Å²) in [4.78, 5) is 14.5. The van der Waals surface area contributed by atoms with Crippen LogP contribution in [0.2, 0.25) is 0 Å². The SMILES string of the molecule is CN(C(=O)c1cc(I)ccc1Br)c1ccccc1C(N)=S. The molecular formula is C15H12BrIN2OS. The van der Waals surface area contributed by atoms with Crippen LogP contribution >= 0.6 is 50.7 Å². The molecule has 0 aliphatic carbocycles. The lowest BCUT2D eigenvalue weighted by Crippen LogP contribution is -2.29. The van der Waals surface area contributed by atoms with Crippen LogP contribution in [0.1, 0.15) is 15.9 Å². The van der Waals surface area contributed by atoms with Gasteiger partial charge in [-0.1, -0.05) is 24.4 Å². The Morgan fingerprint density at radius 2 is 1.90 bits per heavy atom. The highest BCUT2D eigenvalue weighted by Crippen LogP contribution is 2.25. The quantitative estimate of drug-likeness (QED) is 0.541. The summed E-state index contributed by atoms with van der Waals surface area (Å²) in [5.41, 5.74) is 7.71. The summed E-state index contributed by atoms with van der Waals surface area (Å²) < 4.78 is 1.75. The van der Waals surface area contributed by atoms with Crippen molar-refractivity contribution in [1.82, 2.24) is 0 Å². The highest BCUT2D eigenvalue weighted by atomic mass is 127. The van der Waals surface area contributed by atoms with E-state index in [1.54, 1.807) is 11.9 Å². The molecule has 6 heteroatoms. The number of carbonyl (C=O) groups is 1. The van der Waals surface area contributed by atoms with Gasteiger partial charge in [0, 0.05) is 20.7 Å². The molecule has 2 N–H and O–H groups in total. The van der Waals surface area contributed by atoms with Gasteiger partial charge in [-0.15, -0.1) is 0 Å². The summed E-state index contributed by atoms with van der Waals surface area (Å²) in [6.45, 7) is 0. The second-order valence-electron chi connectivity index (χ2n) is 4.37. The fourth-order valence-electron chi connectivity index (χ4n) is 1.93. The fourth-order valence-corrected chi connectivity index (χ4v) is 3.01. The van der Waals surface area contributed by atoms with E-state index < -0.39 is 0 Å². The Bertz CT molecular complexity index is 721. The molecule has 0 atom stereocenters. The van der Waals surface area contributed by atoms with E-state index in [0.717, 1.165) is 8.04 Å². The Balaban J connectivity index is 2.45. The zero-order chi connectivity index (χ0) is 15.6. The lowest BCUT2D eigenvalue weighted by molar-refractivity contribution is 0.0992. The van der Waals surface area contributed by atoms with Crippen LogP contribution in [0.25, 0.3) is 0 Å². The lowest BCUT2D eigenvalue weighted by Gasteiger charge is -2.21. The number of thiocarbonyl (C=S) groups is 1. The van der Waals surface area contributed by atoms with Crippen LogP contribution in [0.3, 0.4) is 0 Å². The summed E-state index contributed by atoms with van der Waals surface area (Å²) in [5.74, 6) is -0.121. The van der Waals surface area contributed by atoms with Crippen LogP contribution in [-0.4, -0.2) is 17.9 Å². The molecule has 0 radical (unpaired) electrons. The van der Waals surface area contributed by atoms with E-state index in [2.05, 4.69) is 38.5 Å². The van der Waals surface area contributed by atoms with E-state index in [4.69, 9.17) is 18.0 Å². The van der Waals surface area contributed by atoms with E-state index in [0.29, 0.717) is 16.8 Å². The number of nitrogens with two attached hydrogens (primary N) is 1. The predicted octanol–water partition coefficient (Wildman–Crippen LogP) is 3.96. The molecule has 108 valence electrons. The van der Waals surface area contributed by atoms with E-state index in [1.807, 2.05) is 42.5 Å². The third-order valence-electron chi connectivity index (χ3n) is 2.99. The lowest BCUT2D eigenvalue weighted by atomic mass is 10.1. The van der Waals surface area contributed by atoms with Crippen LogP contribution in [0.5, 0.6) is 0 Å². The molecule has 2 aromatic carbocycles. The normalized spacial score (nSPS) is 10.2. The summed E-state index contributed by atoms with van der Waals surface area (Å²) in [5, 5.41) is 0. The molecule has 2 aromatic rings. The van der Waals surface area contributed by atoms with Gasteiger partial charge in [-0.05, 0) is 68.9 Å². The Morgan fingerprint density at radius 3 is 2.57 bits per heavy atom. The minimum absolute atomic E-state index is 0.121. The monoisotopic (exact) mass is 474 g/mol. The van der Waals surface area contributed by atoms with Crippen molar-refractivity contribution in [3.8, 4) is 0 Å². The van der Waals surface area contributed by atoms with Gasteiger partial charge in [0.15, 0.2) is 0 Å². The minimum Gasteiger partial charge on any atom is -0.389 e. The fraction of sp³-hybridized carbons (Fsp3) is 0.0667. The van der Waals surface area contributed by atoms with Gasteiger partial charge in [0.1, 0.15) is 4.99 Å². The largest absolute Gasteiger partial charge is 0.389 e. The number of para-hydroxylation sites is 1. The van der Waals surface area contributed by atoms with Crippen LogP contribution < -0.4 is 10.6 Å². The smallest absolute Gasteiger partial charge is 0.259 e. The van der Waals surface area contributed by atoms with Crippen molar-refractivity contribution in [2.24, 2.45) is 5.73 Å². The molecule has 0 saturated heterocycles. The summed E-state index contributed by atoms with van der Waals surface area (Å²) in [6, 6.07) is 13.0. The number of amides is 1. The van der Waals surface area contributed by atoms with Gasteiger partial charge in [0.25, 0.3) is 5.91 Å². The third kappa shape index (κ3) is 3.61. The predicted molar refractivity (Wildman–Crippen MR) is 102 cm³/mol. The first kappa shape index (κ1) is 16.4. The Kier molecular flexibility index (Phi) is 5.34. The first-order chi connectivity index (χ1) is 9.91. The zero-order valence-corrected chi connectivity index (χ0v) is 15.7. The van der Waals surface area contributed by atoms with Crippen LogP contribution in [0.4, 0.5) is 5.69 Å². The molecule has 0 spiro atoms. The Morgan fingerprint density at radius 1 is 1.24 bits per heavy atom. The van der Waals surface area contributed by atoms with Crippen molar-refractivity contribution in [2.45, 2.75) is 0 Å². The molecule has 2 rings (SSSR count). The molecule has 21 heavy (non-hydrogen) atoms. The molecule has 0 heterocycles. The first-order valence-electron chi connectivity index (χ1n) is 6.03. The molecule has 1 amide bonds. The van der Waals surface area contributed by atoms with Crippen molar-refractivity contribution in [3.63, 3.8) is 0 Å². The molecule has 0 saturated carbocycles. The number of nitrogens with zero attached hydrogens (tertiary/aromatic N) is 1. The standard InChI is InChI=1S/C15H12BrIN2OS/c1-19(13-5-3-2-4-10(13)14(18)21)15(20)11-8-9(17)6-7-12(11)16/h2-8H,1H3,(H2,18,21). The van der Waals surface area contributed by atoms with Gasteiger partial charge in [0.2, 0.25) is 0 Å².